The Morgan fingerprint density at radius 2 is 1.95 bits per heavy atom. The van der Waals surface area contributed by atoms with E-state index in [0.717, 1.165) is 19.0 Å². The van der Waals surface area contributed by atoms with Gasteiger partial charge in [0.25, 0.3) is 0 Å². The molecule has 2 fully saturated rings. The highest BCUT2D eigenvalue weighted by Gasteiger charge is 2.39. The Labute approximate surface area is 125 Å². The minimum Gasteiger partial charge on any atom is -0.380 e. The molecule has 20 heavy (non-hydrogen) atoms. The third-order valence-corrected chi connectivity index (χ3v) is 5.70. The summed E-state index contributed by atoms with van der Waals surface area (Å²) in [6, 6.07) is 0.677. The summed E-state index contributed by atoms with van der Waals surface area (Å²) in [5.41, 5.74) is 6.49. The third-order valence-electron chi connectivity index (χ3n) is 5.70. The Kier molecular flexibility index (Phi) is 5.49. The monoisotopic (exact) mass is 282 g/mol. The lowest BCUT2D eigenvalue weighted by Gasteiger charge is -2.48. The SMILES string of the molecule is COC1CCCN(C2CC(C(C)(C)C)CCC2CN)C1. The topological polar surface area (TPSA) is 38.5 Å². The van der Waals surface area contributed by atoms with Crippen LogP contribution in [0, 0.1) is 17.3 Å². The molecule has 118 valence electrons. The van der Waals surface area contributed by atoms with Crippen LogP contribution in [0.1, 0.15) is 52.9 Å². The van der Waals surface area contributed by atoms with Gasteiger partial charge in [0.2, 0.25) is 0 Å². The van der Waals surface area contributed by atoms with Gasteiger partial charge < -0.3 is 10.5 Å². The molecule has 0 aromatic rings. The summed E-state index contributed by atoms with van der Waals surface area (Å²) in [5.74, 6) is 1.52. The first-order valence-electron chi connectivity index (χ1n) is 8.42. The second kappa shape index (κ2) is 6.76. The molecule has 1 saturated heterocycles. The van der Waals surface area contributed by atoms with Crippen molar-refractivity contribution in [1.29, 1.82) is 0 Å². The molecule has 4 unspecified atom stereocenters. The van der Waals surface area contributed by atoms with Crippen LogP contribution in [-0.4, -0.2) is 43.8 Å². The van der Waals surface area contributed by atoms with E-state index in [-0.39, 0.29) is 0 Å². The van der Waals surface area contributed by atoms with Crippen molar-refractivity contribution in [2.45, 2.75) is 65.0 Å². The molecule has 3 nitrogen and oxygen atoms in total. The maximum absolute atomic E-state index is 6.06. The molecule has 0 radical (unpaired) electrons. The van der Waals surface area contributed by atoms with Crippen LogP contribution in [-0.2, 0) is 4.74 Å². The number of hydrogen-bond donors (Lipinski definition) is 1. The molecular formula is C17H34N2O. The lowest BCUT2D eigenvalue weighted by Crippen LogP contribution is -2.52. The van der Waals surface area contributed by atoms with Crippen LogP contribution in [0.25, 0.3) is 0 Å². The largest absolute Gasteiger partial charge is 0.380 e. The van der Waals surface area contributed by atoms with Gasteiger partial charge in [0.1, 0.15) is 0 Å². The van der Waals surface area contributed by atoms with Crippen molar-refractivity contribution in [1.82, 2.24) is 4.90 Å². The van der Waals surface area contributed by atoms with E-state index in [0.29, 0.717) is 23.5 Å². The summed E-state index contributed by atoms with van der Waals surface area (Å²) in [5, 5.41) is 0. The highest BCUT2D eigenvalue weighted by molar-refractivity contribution is 4.92. The van der Waals surface area contributed by atoms with Crippen molar-refractivity contribution < 1.29 is 4.74 Å². The molecule has 0 bridgehead atoms. The Balaban J connectivity index is 2.04. The normalized spacial score (nSPS) is 37.0. The van der Waals surface area contributed by atoms with Crippen LogP contribution in [0.4, 0.5) is 0 Å². The molecule has 4 atom stereocenters. The molecule has 1 aliphatic heterocycles. The Morgan fingerprint density at radius 3 is 2.55 bits per heavy atom. The number of nitrogens with zero attached hydrogens (tertiary/aromatic N) is 1. The molecule has 2 aliphatic rings. The lowest BCUT2D eigenvalue weighted by atomic mass is 9.67. The molecule has 3 heteroatoms. The predicted octanol–water partition coefficient (Wildman–Crippen LogP) is 2.89. The Hall–Kier alpha value is -0.120. The van der Waals surface area contributed by atoms with Crippen molar-refractivity contribution in [3.05, 3.63) is 0 Å². The highest BCUT2D eigenvalue weighted by Crippen LogP contribution is 2.41. The number of piperidine rings is 1. The fourth-order valence-electron chi connectivity index (χ4n) is 4.18. The number of rotatable bonds is 3. The molecule has 2 N–H and O–H groups in total. The van der Waals surface area contributed by atoms with Crippen LogP contribution < -0.4 is 5.73 Å². The summed E-state index contributed by atoms with van der Waals surface area (Å²) in [4.78, 5) is 2.69. The van der Waals surface area contributed by atoms with Crippen molar-refractivity contribution in [2.24, 2.45) is 23.0 Å². The van der Waals surface area contributed by atoms with E-state index in [2.05, 4.69) is 25.7 Å². The molecule has 2 rings (SSSR count). The van der Waals surface area contributed by atoms with Gasteiger partial charge in [-0.1, -0.05) is 20.8 Å². The van der Waals surface area contributed by atoms with Gasteiger partial charge in [-0.05, 0) is 62.4 Å². The molecule has 1 aliphatic carbocycles. The van der Waals surface area contributed by atoms with E-state index in [4.69, 9.17) is 10.5 Å². The van der Waals surface area contributed by atoms with Gasteiger partial charge in [0.05, 0.1) is 6.10 Å². The Morgan fingerprint density at radius 1 is 1.20 bits per heavy atom. The molecule has 1 saturated carbocycles. The maximum Gasteiger partial charge on any atom is 0.0698 e. The molecule has 0 aromatic carbocycles. The smallest absolute Gasteiger partial charge is 0.0698 e. The minimum atomic E-state index is 0.425. The summed E-state index contributed by atoms with van der Waals surface area (Å²) in [6.07, 6.45) is 6.89. The number of methoxy groups -OCH3 is 1. The molecule has 0 spiro atoms. The van der Waals surface area contributed by atoms with Gasteiger partial charge in [-0.25, -0.2) is 0 Å². The second-order valence-electron chi connectivity index (χ2n) is 7.93. The van der Waals surface area contributed by atoms with Gasteiger partial charge in [-0.2, -0.15) is 0 Å². The number of nitrogens with two attached hydrogens (primary N) is 1. The van der Waals surface area contributed by atoms with Crippen molar-refractivity contribution in [2.75, 3.05) is 26.7 Å². The number of ether oxygens (including phenoxy) is 1. The number of hydrogen-bond acceptors (Lipinski definition) is 3. The Bertz CT molecular complexity index is 300. The van der Waals surface area contributed by atoms with Crippen molar-refractivity contribution in [3.63, 3.8) is 0 Å². The van der Waals surface area contributed by atoms with Crippen molar-refractivity contribution >= 4 is 0 Å². The fraction of sp³-hybridized carbons (Fsp3) is 1.00. The summed E-state index contributed by atoms with van der Waals surface area (Å²) in [7, 11) is 1.85. The maximum atomic E-state index is 6.06. The van der Waals surface area contributed by atoms with Gasteiger partial charge >= 0.3 is 0 Å². The van der Waals surface area contributed by atoms with E-state index in [1.165, 1.54) is 38.6 Å². The van der Waals surface area contributed by atoms with Crippen LogP contribution in [0.3, 0.4) is 0 Å². The van der Waals surface area contributed by atoms with Crippen LogP contribution >= 0.6 is 0 Å². The van der Waals surface area contributed by atoms with E-state index in [1.54, 1.807) is 0 Å². The third kappa shape index (κ3) is 3.75. The first kappa shape index (κ1) is 16.3. The standard InChI is InChI=1S/C17H34N2O/c1-17(2,3)14-8-7-13(11-18)16(10-14)19-9-5-6-15(12-19)20-4/h13-16H,5-12,18H2,1-4H3. The van der Waals surface area contributed by atoms with E-state index in [1.807, 2.05) is 7.11 Å². The summed E-state index contributed by atoms with van der Waals surface area (Å²) >= 11 is 0. The van der Waals surface area contributed by atoms with Gasteiger partial charge in [-0.15, -0.1) is 0 Å². The zero-order valence-corrected chi connectivity index (χ0v) is 13.9. The highest BCUT2D eigenvalue weighted by atomic mass is 16.5. The molecule has 0 aromatic heterocycles. The van der Waals surface area contributed by atoms with Crippen molar-refractivity contribution in [3.8, 4) is 0 Å². The molecule has 0 amide bonds. The summed E-state index contributed by atoms with van der Waals surface area (Å²) < 4.78 is 5.60. The van der Waals surface area contributed by atoms with Gasteiger partial charge in [0.15, 0.2) is 0 Å². The molecule has 1 heterocycles. The van der Waals surface area contributed by atoms with Gasteiger partial charge in [0, 0.05) is 19.7 Å². The predicted molar refractivity (Wildman–Crippen MR) is 84.7 cm³/mol. The summed E-state index contributed by atoms with van der Waals surface area (Å²) in [6.45, 7) is 10.4. The van der Waals surface area contributed by atoms with E-state index in [9.17, 15) is 0 Å². The van der Waals surface area contributed by atoms with Gasteiger partial charge in [-0.3, -0.25) is 4.90 Å². The van der Waals surface area contributed by atoms with Crippen LogP contribution in [0.5, 0.6) is 0 Å². The first-order valence-corrected chi connectivity index (χ1v) is 8.42. The van der Waals surface area contributed by atoms with Crippen LogP contribution in [0.15, 0.2) is 0 Å². The zero-order chi connectivity index (χ0) is 14.8. The lowest BCUT2D eigenvalue weighted by molar-refractivity contribution is -0.0214. The van der Waals surface area contributed by atoms with E-state index < -0.39 is 0 Å². The second-order valence-corrected chi connectivity index (χ2v) is 7.93. The fourth-order valence-corrected chi connectivity index (χ4v) is 4.18. The zero-order valence-electron chi connectivity index (χ0n) is 13.9. The molecular weight excluding hydrogens is 248 g/mol. The van der Waals surface area contributed by atoms with E-state index >= 15 is 0 Å². The average Bonchev–Trinajstić information content (AvgIpc) is 2.45. The average molecular weight is 282 g/mol. The van der Waals surface area contributed by atoms with Crippen LogP contribution in [0.2, 0.25) is 0 Å². The first-order chi connectivity index (χ1) is 9.45. The quantitative estimate of drug-likeness (QED) is 0.865. The minimum absolute atomic E-state index is 0.425. The number of likely N-dealkylation sites (tertiary alicyclic amines) is 1.